The molecule has 1 N–H and O–H groups in total. The van der Waals surface area contributed by atoms with Gasteiger partial charge in [-0.15, -0.1) is 0 Å². The van der Waals surface area contributed by atoms with Gasteiger partial charge in [0.25, 0.3) is 0 Å². The van der Waals surface area contributed by atoms with E-state index in [0.29, 0.717) is 11.7 Å². The highest BCUT2D eigenvalue weighted by Gasteiger charge is 2.22. The summed E-state index contributed by atoms with van der Waals surface area (Å²) in [5.74, 6) is 0.361. The zero-order valence-corrected chi connectivity index (χ0v) is 10.6. The van der Waals surface area contributed by atoms with Crippen LogP contribution >= 0.6 is 0 Å². The number of benzene rings is 1. The third kappa shape index (κ3) is 1.79. The summed E-state index contributed by atoms with van der Waals surface area (Å²) in [5.41, 5.74) is 1.98. The Morgan fingerprint density at radius 2 is 2.16 bits per heavy atom. The van der Waals surface area contributed by atoms with E-state index in [0.717, 1.165) is 16.5 Å². The van der Waals surface area contributed by atoms with Gasteiger partial charge < -0.3 is 14.1 Å². The molecule has 0 spiro atoms. The number of aromatic nitrogens is 2. The number of carbonyl (C=O) groups excluding carboxylic acids is 1. The zero-order chi connectivity index (χ0) is 13.4. The summed E-state index contributed by atoms with van der Waals surface area (Å²) in [6.07, 6.45) is 1.80. The second-order valence-corrected chi connectivity index (χ2v) is 4.15. The second kappa shape index (κ2) is 4.28. The number of rotatable bonds is 2. The number of aryl methyl sites for hydroxylation is 1. The normalized spacial score (nSPS) is 10.8. The Morgan fingerprint density at radius 3 is 2.95 bits per heavy atom. The van der Waals surface area contributed by atoms with Crippen molar-refractivity contribution >= 4 is 16.9 Å². The van der Waals surface area contributed by atoms with Gasteiger partial charge in [-0.05, 0) is 6.07 Å². The van der Waals surface area contributed by atoms with E-state index in [2.05, 4.69) is 9.97 Å². The monoisotopic (exact) mass is 256 g/mol. The van der Waals surface area contributed by atoms with Crippen LogP contribution in [0.3, 0.4) is 0 Å². The lowest BCUT2D eigenvalue weighted by atomic mass is 10.1. The van der Waals surface area contributed by atoms with E-state index in [1.54, 1.807) is 13.1 Å². The number of oxazole rings is 1. The molecule has 2 heterocycles. The van der Waals surface area contributed by atoms with Gasteiger partial charge in [0.15, 0.2) is 17.3 Å². The zero-order valence-electron chi connectivity index (χ0n) is 10.6. The van der Waals surface area contributed by atoms with Crippen molar-refractivity contribution in [1.29, 1.82) is 0 Å². The highest BCUT2D eigenvalue weighted by atomic mass is 16.5. The number of nitrogens with zero attached hydrogens (tertiary/aromatic N) is 1. The van der Waals surface area contributed by atoms with Gasteiger partial charge in [-0.3, -0.25) is 0 Å². The highest BCUT2D eigenvalue weighted by Crippen LogP contribution is 2.31. The summed E-state index contributed by atoms with van der Waals surface area (Å²) in [7, 11) is 1.32. The summed E-state index contributed by atoms with van der Waals surface area (Å²) in [6, 6.07) is 7.79. The first-order valence-corrected chi connectivity index (χ1v) is 5.83. The Hall–Kier alpha value is -2.56. The van der Waals surface area contributed by atoms with E-state index in [-0.39, 0.29) is 5.69 Å². The number of nitrogens with one attached hydrogen (secondary N) is 1. The molecular weight excluding hydrogens is 244 g/mol. The molecular formula is C14H12N2O3. The van der Waals surface area contributed by atoms with Gasteiger partial charge in [-0.25, -0.2) is 9.78 Å². The minimum Gasteiger partial charge on any atom is -0.464 e. The van der Waals surface area contributed by atoms with Crippen molar-refractivity contribution in [2.45, 2.75) is 6.92 Å². The average Bonchev–Trinajstić information content (AvgIpc) is 3.01. The lowest BCUT2D eigenvalue weighted by Gasteiger charge is -1.98. The molecule has 0 aliphatic heterocycles. The molecule has 0 aliphatic carbocycles. The number of para-hydroxylation sites is 1. The van der Waals surface area contributed by atoms with Crippen LogP contribution < -0.4 is 0 Å². The smallest absolute Gasteiger partial charge is 0.360 e. The summed E-state index contributed by atoms with van der Waals surface area (Å²) in [5, 5.41) is 0.976. The summed E-state index contributed by atoms with van der Waals surface area (Å²) in [6.45, 7) is 1.70. The molecule has 0 saturated heterocycles. The van der Waals surface area contributed by atoms with Crippen molar-refractivity contribution in [2.24, 2.45) is 0 Å². The maximum Gasteiger partial charge on any atom is 0.360 e. The van der Waals surface area contributed by atoms with E-state index < -0.39 is 5.97 Å². The molecule has 1 aromatic carbocycles. The molecule has 0 aliphatic rings. The molecule has 3 aromatic rings. The Kier molecular flexibility index (Phi) is 2.59. The number of methoxy groups -OCH3 is 1. The molecule has 0 fully saturated rings. The quantitative estimate of drug-likeness (QED) is 0.716. The fourth-order valence-electron chi connectivity index (χ4n) is 2.10. The van der Waals surface area contributed by atoms with Gasteiger partial charge >= 0.3 is 5.97 Å². The molecule has 0 bridgehead atoms. The molecule has 2 aromatic heterocycles. The van der Waals surface area contributed by atoms with E-state index in [4.69, 9.17) is 9.15 Å². The maximum absolute atomic E-state index is 11.7. The lowest BCUT2D eigenvalue weighted by Crippen LogP contribution is -2.03. The van der Waals surface area contributed by atoms with Crippen molar-refractivity contribution in [1.82, 2.24) is 9.97 Å². The summed E-state index contributed by atoms with van der Waals surface area (Å²) >= 11 is 0. The van der Waals surface area contributed by atoms with Gasteiger partial charge in [0.05, 0.1) is 7.11 Å². The topological polar surface area (TPSA) is 68.1 Å². The first-order valence-electron chi connectivity index (χ1n) is 5.83. The Balaban J connectivity index is 2.24. The molecule has 0 atom stereocenters. The van der Waals surface area contributed by atoms with Crippen LogP contribution in [0.5, 0.6) is 0 Å². The molecule has 3 rings (SSSR count). The van der Waals surface area contributed by atoms with Gasteiger partial charge in [0, 0.05) is 29.6 Å². The molecule has 0 radical (unpaired) electrons. The van der Waals surface area contributed by atoms with E-state index in [1.165, 1.54) is 7.11 Å². The SMILES string of the molecule is COC(=O)c1nc(C)oc1-c1c[nH]c2ccccc12. The molecule has 5 heteroatoms. The molecule has 0 amide bonds. The Morgan fingerprint density at radius 1 is 1.37 bits per heavy atom. The second-order valence-electron chi connectivity index (χ2n) is 4.15. The van der Waals surface area contributed by atoms with Crippen LogP contribution in [0.4, 0.5) is 0 Å². The molecule has 19 heavy (non-hydrogen) atoms. The standard InChI is InChI=1S/C14H12N2O3/c1-8-16-12(14(17)18-2)13(19-8)10-7-15-11-6-4-3-5-9(10)11/h3-7,15H,1-2H3. The fraction of sp³-hybridized carbons (Fsp3) is 0.143. The number of aromatic amines is 1. The molecule has 96 valence electrons. The van der Waals surface area contributed by atoms with Crippen LogP contribution in [0.15, 0.2) is 34.9 Å². The Labute approximate surface area is 109 Å². The van der Waals surface area contributed by atoms with Gasteiger partial charge in [0.2, 0.25) is 0 Å². The van der Waals surface area contributed by atoms with Crippen molar-refractivity contribution < 1.29 is 13.9 Å². The van der Waals surface area contributed by atoms with Crippen LogP contribution in [0.25, 0.3) is 22.2 Å². The van der Waals surface area contributed by atoms with E-state index in [1.807, 2.05) is 24.3 Å². The van der Waals surface area contributed by atoms with Crippen molar-refractivity contribution in [3.8, 4) is 11.3 Å². The molecule has 0 saturated carbocycles. The predicted molar refractivity (Wildman–Crippen MR) is 69.9 cm³/mol. The Bertz CT molecular complexity index is 755. The third-order valence-corrected chi connectivity index (χ3v) is 2.95. The first-order chi connectivity index (χ1) is 9.20. The summed E-state index contributed by atoms with van der Waals surface area (Å²) in [4.78, 5) is 19.0. The highest BCUT2D eigenvalue weighted by molar-refractivity contribution is 6.00. The van der Waals surface area contributed by atoms with Crippen molar-refractivity contribution in [3.63, 3.8) is 0 Å². The number of hydrogen-bond donors (Lipinski definition) is 1. The van der Waals surface area contributed by atoms with E-state index in [9.17, 15) is 4.79 Å². The number of esters is 1. The van der Waals surface area contributed by atoms with Crippen molar-refractivity contribution in [2.75, 3.05) is 7.11 Å². The lowest BCUT2D eigenvalue weighted by molar-refractivity contribution is 0.0595. The van der Waals surface area contributed by atoms with Gasteiger partial charge in [-0.1, -0.05) is 18.2 Å². The van der Waals surface area contributed by atoms with Crippen LogP contribution in [-0.4, -0.2) is 23.0 Å². The fourth-order valence-corrected chi connectivity index (χ4v) is 2.10. The molecule has 0 unspecified atom stereocenters. The number of H-pyrrole nitrogens is 1. The van der Waals surface area contributed by atoms with Crippen LogP contribution in [-0.2, 0) is 4.74 Å². The van der Waals surface area contributed by atoms with E-state index >= 15 is 0 Å². The number of hydrogen-bond acceptors (Lipinski definition) is 4. The minimum atomic E-state index is -0.503. The third-order valence-electron chi connectivity index (χ3n) is 2.95. The maximum atomic E-state index is 11.7. The number of carbonyl (C=O) groups is 1. The van der Waals surface area contributed by atoms with Crippen molar-refractivity contribution in [3.05, 3.63) is 42.0 Å². The van der Waals surface area contributed by atoms with Crippen LogP contribution in [0.1, 0.15) is 16.4 Å². The number of fused-ring (bicyclic) bond motifs is 1. The molecule has 5 nitrogen and oxygen atoms in total. The van der Waals surface area contributed by atoms with Gasteiger partial charge in [-0.2, -0.15) is 0 Å². The minimum absolute atomic E-state index is 0.199. The first kappa shape index (κ1) is 11.5. The van der Waals surface area contributed by atoms with Gasteiger partial charge in [0.1, 0.15) is 0 Å². The van der Waals surface area contributed by atoms with Crippen LogP contribution in [0.2, 0.25) is 0 Å². The van der Waals surface area contributed by atoms with Crippen LogP contribution in [0, 0.1) is 6.92 Å². The average molecular weight is 256 g/mol. The largest absolute Gasteiger partial charge is 0.464 e. The predicted octanol–water partition coefficient (Wildman–Crippen LogP) is 2.92. The summed E-state index contributed by atoms with van der Waals surface area (Å²) < 4.78 is 10.3. The number of ether oxygens (including phenoxy) is 1.